The summed E-state index contributed by atoms with van der Waals surface area (Å²) >= 11 is 0. The maximum atomic E-state index is 12.6. The number of fused-ring (bicyclic) bond motifs is 1. The fraction of sp³-hybridized carbons (Fsp3) is 0.368. The summed E-state index contributed by atoms with van der Waals surface area (Å²) in [4.78, 5) is 34.1. The molecule has 3 aromatic rings. The first-order valence-electron chi connectivity index (χ1n) is 9.03. The molecule has 140 valence electrons. The van der Waals surface area contributed by atoms with Gasteiger partial charge in [-0.2, -0.15) is 5.10 Å². The van der Waals surface area contributed by atoms with Crippen LogP contribution in [0.1, 0.15) is 22.6 Å². The Bertz CT molecular complexity index is 1050. The lowest BCUT2D eigenvalue weighted by molar-refractivity contribution is 0.0950. The fourth-order valence-electron chi connectivity index (χ4n) is 3.54. The number of amides is 1. The van der Waals surface area contributed by atoms with Crippen LogP contribution in [0.3, 0.4) is 0 Å². The summed E-state index contributed by atoms with van der Waals surface area (Å²) < 4.78 is 1.31. The standard InChI is InChI=1S/C19H22N6O2/c1-12-22-16-5-3-4-15(18(16)23-12)19(27)20-9-13-6-7-25(11-13)14-8-17(26)24(2)21-10-14/h3-5,8,10,13H,6-7,9,11H2,1-2H3,(H,20,27)(H,22,23)/t13-/m1/s1. The number of hydrogen-bond donors (Lipinski definition) is 2. The maximum Gasteiger partial charge on any atom is 0.268 e. The summed E-state index contributed by atoms with van der Waals surface area (Å²) in [5, 5.41) is 7.11. The van der Waals surface area contributed by atoms with E-state index in [9.17, 15) is 9.59 Å². The molecule has 1 aromatic carbocycles. The first-order valence-corrected chi connectivity index (χ1v) is 9.03. The Hall–Kier alpha value is -3.16. The third-order valence-corrected chi connectivity index (χ3v) is 5.03. The summed E-state index contributed by atoms with van der Waals surface area (Å²) in [6.07, 6.45) is 2.67. The van der Waals surface area contributed by atoms with E-state index in [0.29, 0.717) is 23.5 Å². The van der Waals surface area contributed by atoms with Gasteiger partial charge in [-0.25, -0.2) is 9.67 Å². The number of aryl methyl sites for hydroxylation is 2. The summed E-state index contributed by atoms with van der Waals surface area (Å²) in [7, 11) is 1.63. The molecule has 0 saturated carbocycles. The molecule has 27 heavy (non-hydrogen) atoms. The van der Waals surface area contributed by atoms with Crippen LogP contribution in [0.4, 0.5) is 5.69 Å². The summed E-state index contributed by atoms with van der Waals surface area (Å²) in [6.45, 7) is 4.11. The van der Waals surface area contributed by atoms with Crippen LogP contribution in [0.25, 0.3) is 11.0 Å². The van der Waals surface area contributed by atoms with Gasteiger partial charge in [-0.05, 0) is 31.4 Å². The Kier molecular flexibility index (Phi) is 4.39. The lowest BCUT2D eigenvalue weighted by atomic mass is 10.1. The van der Waals surface area contributed by atoms with Crippen LogP contribution in [-0.2, 0) is 7.05 Å². The molecule has 1 aliphatic heterocycles. The highest BCUT2D eigenvalue weighted by Gasteiger charge is 2.24. The minimum atomic E-state index is -0.119. The van der Waals surface area contributed by atoms with Gasteiger partial charge >= 0.3 is 0 Å². The van der Waals surface area contributed by atoms with Gasteiger partial charge in [-0.15, -0.1) is 0 Å². The molecule has 4 rings (SSSR count). The molecule has 0 spiro atoms. The van der Waals surface area contributed by atoms with Gasteiger partial charge < -0.3 is 15.2 Å². The highest BCUT2D eigenvalue weighted by atomic mass is 16.1. The molecule has 2 N–H and O–H groups in total. The number of anilines is 1. The first-order chi connectivity index (χ1) is 13.0. The molecular formula is C19H22N6O2. The Balaban J connectivity index is 1.39. The first kappa shape index (κ1) is 17.3. The third-order valence-electron chi connectivity index (χ3n) is 5.03. The summed E-state index contributed by atoms with van der Waals surface area (Å²) in [6, 6.07) is 7.17. The molecule has 0 aliphatic carbocycles. The monoisotopic (exact) mass is 366 g/mol. The van der Waals surface area contributed by atoms with Crippen molar-refractivity contribution in [2.24, 2.45) is 13.0 Å². The zero-order valence-corrected chi connectivity index (χ0v) is 15.4. The molecule has 0 bridgehead atoms. The molecule has 1 saturated heterocycles. The lowest BCUT2D eigenvalue weighted by Crippen LogP contribution is -2.31. The van der Waals surface area contributed by atoms with E-state index in [2.05, 4.69) is 25.3 Å². The van der Waals surface area contributed by atoms with Crippen molar-refractivity contribution in [3.8, 4) is 0 Å². The quantitative estimate of drug-likeness (QED) is 0.724. The van der Waals surface area contributed by atoms with Crippen molar-refractivity contribution < 1.29 is 4.79 Å². The minimum absolute atomic E-state index is 0.110. The zero-order chi connectivity index (χ0) is 19.0. The Morgan fingerprint density at radius 2 is 2.26 bits per heavy atom. The van der Waals surface area contributed by atoms with E-state index in [0.717, 1.165) is 36.5 Å². The van der Waals surface area contributed by atoms with E-state index in [-0.39, 0.29) is 11.5 Å². The highest BCUT2D eigenvalue weighted by Crippen LogP contribution is 2.22. The van der Waals surface area contributed by atoms with Crippen molar-refractivity contribution in [1.29, 1.82) is 0 Å². The second-order valence-electron chi connectivity index (χ2n) is 7.01. The minimum Gasteiger partial charge on any atom is -0.370 e. The molecular weight excluding hydrogens is 344 g/mol. The summed E-state index contributed by atoms with van der Waals surface area (Å²) in [5.41, 5.74) is 2.87. The van der Waals surface area contributed by atoms with Crippen LogP contribution >= 0.6 is 0 Å². The van der Waals surface area contributed by atoms with E-state index in [1.165, 1.54) is 4.68 Å². The number of nitrogens with one attached hydrogen (secondary N) is 2. The molecule has 1 fully saturated rings. The van der Waals surface area contributed by atoms with Crippen LogP contribution in [0, 0.1) is 12.8 Å². The molecule has 0 radical (unpaired) electrons. The maximum absolute atomic E-state index is 12.6. The fourth-order valence-corrected chi connectivity index (χ4v) is 3.54. The smallest absolute Gasteiger partial charge is 0.268 e. The SMILES string of the molecule is Cc1nc2c(C(=O)NC[C@H]3CCN(c4cnn(C)c(=O)c4)C3)cccc2[nH]1. The topological polar surface area (TPSA) is 95.9 Å². The van der Waals surface area contributed by atoms with Crippen LogP contribution in [0.5, 0.6) is 0 Å². The largest absolute Gasteiger partial charge is 0.370 e. The van der Waals surface area contributed by atoms with E-state index in [1.807, 2.05) is 19.1 Å². The van der Waals surface area contributed by atoms with Gasteiger partial charge in [-0.3, -0.25) is 9.59 Å². The van der Waals surface area contributed by atoms with E-state index in [4.69, 9.17) is 0 Å². The number of hydrogen-bond acceptors (Lipinski definition) is 5. The Morgan fingerprint density at radius 1 is 1.41 bits per heavy atom. The molecule has 0 unspecified atom stereocenters. The van der Waals surface area contributed by atoms with Crippen LogP contribution in [0.2, 0.25) is 0 Å². The molecule has 1 atom stereocenters. The van der Waals surface area contributed by atoms with Gasteiger partial charge in [0.1, 0.15) is 11.3 Å². The third kappa shape index (κ3) is 3.42. The number of nitrogens with zero attached hydrogens (tertiary/aromatic N) is 4. The molecule has 3 heterocycles. The number of benzene rings is 1. The number of aromatic amines is 1. The van der Waals surface area contributed by atoms with Gasteiger partial charge in [0.15, 0.2) is 0 Å². The summed E-state index contributed by atoms with van der Waals surface area (Å²) in [5.74, 6) is 1.01. The number of rotatable bonds is 4. The van der Waals surface area contributed by atoms with Crippen molar-refractivity contribution in [3.63, 3.8) is 0 Å². The number of aromatic nitrogens is 4. The second-order valence-corrected chi connectivity index (χ2v) is 7.01. The molecule has 8 heteroatoms. The second kappa shape index (κ2) is 6.86. The van der Waals surface area contributed by atoms with E-state index >= 15 is 0 Å². The predicted octanol–water partition coefficient (Wildman–Crippen LogP) is 1.22. The molecule has 1 amide bonds. The average molecular weight is 366 g/mol. The molecule has 8 nitrogen and oxygen atoms in total. The van der Waals surface area contributed by atoms with Crippen molar-refractivity contribution in [3.05, 3.63) is 52.2 Å². The number of carbonyl (C=O) groups is 1. The van der Waals surface area contributed by atoms with Crippen molar-refractivity contribution in [1.82, 2.24) is 25.1 Å². The molecule has 2 aromatic heterocycles. The van der Waals surface area contributed by atoms with E-state index in [1.54, 1.807) is 25.4 Å². The van der Waals surface area contributed by atoms with Crippen molar-refractivity contribution >= 4 is 22.6 Å². The van der Waals surface area contributed by atoms with Crippen LogP contribution in [0.15, 0.2) is 35.3 Å². The highest BCUT2D eigenvalue weighted by molar-refractivity contribution is 6.04. The van der Waals surface area contributed by atoms with E-state index < -0.39 is 0 Å². The Morgan fingerprint density at radius 3 is 3.07 bits per heavy atom. The van der Waals surface area contributed by atoms with Crippen LogP contribution < -0.4 is 15.8 Å². The van der Waals surface area contributed by atoms with Gasteiger partial charge in [0.2, 0.25) is 0 Å². The number of imidazole rings is 1. The number of para-hydroxylation sites is 1. The Labute approximate surface area is 156 Å². The van der Waals surface area contributed by atoms with Crippen LogP contribution in [-0.4, -0.2) is 45.3 Å². The van der Waals surface area contributed by atoms with Crippen molar-refractivity contribution in [2.75, 3.05) is 24.5 Å². The average Bonchev–Trinajstić information content (AvgIpc) is 3.27. The van der Waals surface area contributed by atoms with Gasteiger partial charge in [0.25, 0.3) is 11.5 Å². The number of carbonyl (C=O) groups excluding carboxylic acids is 1. The normalized spacial score (nSPS) is 16.8. The van der Waals surface area contributed by atoms with Crippen molar-refractivity contribution in [2.45, 2.75) is 13.3 Å². The lowest BCUT2D eigenvalue weighted by Gasteiger charge is -2.18. The number of H-pyrrole nitrogens is 1. The van der Waals surface area contributed by atoms with Gasteiger partial charge in [-0.1, -0.05) is 6.07 Å². The van der Waals surface area contributed by atoms with Gasteiger partial charge in [0, 0.05) is 32.7 Å². The van der Waals surface area contributed by atoms with Gasteiger partial charge in [0.05, 0.1) is 23.0 Å². The molecule has 1 aliphatic rings. The predicted molar refractivity (Wildman–Crippen MR) is 103 cm³/mol. The zero-order valence-electron chi connectivity index (χ0n) is 15.4.